The SMILES string of the molecule is CCOP(=O)(OCC)[C-]1c2ccccc2N(C)c2ccccc21. The molecular weight excluding hydrogens is 309 g/mol. The van der Waals surface area contributed by atoms with Crippen molar-refractivity contribution in [2.75, 3.05) is 25.2 Å². The molecule has 0 unspecified atom stereocenters. The highest BCUT2D eigenvalue weighted by Gasteiger charge is 2.38. The van der Waals surface area contributed by atoms with Gasteiger partial charge in [0.2, 0.25) is 0 Å². The van der Waals surface area contributed by atoms with Crippen LogP contribution >= 0.6 is 7.60 Å². The molecule has 23 heavy (non-hydrogen) atoms. The van der Waals surface area contributed by atoms with Crippen molar-refractivity contribution < 1.29 is 13.6 Å². The Morgan fingerprint density at radius 1 is 0.913 bits per heavy atom. The van der Waals surface area contributed by atoms with Crippen molar-refractivity contribution in [2.24, 2.45) is 0 Å². The van der Waals surface area contributed by atoms with Crippen molar-refractivity contribution in [2.45, 2.75) is 13.8 Å². The summed E-state index contributed by atoms with van der Waals surface area (Å²) in [5, 5.41) is 0. The van der Waals surface area contributed by atoms with E-state index in [1.807, 2.05) is 69.4 Å². The lowest BCUT2D eigenvalue weighted by atomic mass is 9.95. The summed E-state index contributed by atoms with van der Waals surface area (Å²) in [6.45, 7) is 4.33. The van der Waals surface area contributed by atoms with Gasteiger partial charge in [-0.2, -0.15) is 0 Å². The van der Waals surface area contributed by atoms with Crippen LogP contribution in [0.25, 0.3) is 0 Å². The number of rotatable bonds is 5. The zero-order chi connectivity index (χ0) is 16.4. The van der Waals surface area contributed by atoms with Crippen LogP contribution in [0.3, 0.4) is 0 Å². The molecule has 5 heteroatoms. The summed E-state index contributed by atoms with van der Waals surface area (Å²) in [5.74, 6) is 0. The van der Waals surface area contributed by atoms with Crippen LogP contribution in [0.5, 0.6) is 0 Å². The largest absolute Gasteiger partial charge is 0.407 e. The maximum atomic E-state index is 13.5. The summed E-state index contributed by atoms with van der Waals surface area (Å²) in [6, 6.07) is 15.8. The lowest BCUT2D eigenvalue weighted by Crippen LogP contribution is -2.23. The van der Waals surface area contributed by atoms with E-state index in [1.54, 1.807) is 0 Å². The summed E-state index contributed by atoms with van der Waals surface area (Å²) in [4.78, 5) is 2.11. The molecule has 0 aliphatic carbocycles. The smallest absolute Gasteiger partial charge is 0.329 e. The quantitative estimate of drug-likeness (QED) is 0.573. The number of fused-ring (bicyclic) bond motifs is 2. The Hall–Kier alpha value is -1.74. The molecule has 4 nitrogen and oxygen atoms in total. The first-order chi connectivity index (χ1) is 11.1. The summed E-state index contributed by atoms with van der Waals surface area (Å²) < 4.78 is 24.8. The molecule has 0 saturated carbocycles. The second kappa shape index (κ2) is 6.40. The fraction of sp³-hybridized carbons (Fsp3) is 0.278. The first-order valence-electron chi connectivity index (χ1n) is 7.81. The molecule has 0 amide bonds. The van der Waals surface area contributed by atoms with Crippen molar-refractivity contribution in [1.82, 2.24) is 0 Å². The first-order valence-corrected chi connectivity index (χ1v) is 9.35. The van der Waals surface area contributed by atoms with E-state index in [4.69, 9.17) is 9.05 Å². The van der Waals surface area contributed by atoms with Gasteiger partial charge in [-0.3, -0.25) is 4.57 Å². The van der Waals surface area contributed by atoms with Crippen LogP contribution in [0.15, 0.2) is 48.5 Å². The van der Waals surface area contributed by atoms with Gasteiger partial charge in [-0.1, -0.05) is 47.5 Å². The summed E-state index contributed by atoms with van der Waals surface area (Å²) in [7, 11) is -1.38. The van der Waals surface area contributed by atoms with Crippen LogP contribution < -0.4 is 4.90 Å². The van der Waals surface area contributed by atoms with Gasteiger partial charge in [0.15, 0.2) is 0 Å². The van der Waals surface area contributed by atoms with E-state index in [-0.39, 0.29) is 0 Å². The molecule has 1 aliphatic rings. The third-order valence-electron chi connectivity index (χ3n) is 3.91. The Morgan fingerprint density at radius 2 is 1.35 bits per heavy atom. The van der Waals surface area contributed by atoms with Crippen LogP contribution in [-0.4, -0.2) is 20.3 Å². The Labute approximate surface area is 137 Å². The second-order valence-corrected chi connectivity index (χ2v) is 7.23. The first kappa shape index (κ1) is 16.1. The monoisotopic (exact) mass is 330 g/mol. The summed E-state index contributed by atoms with van der Waals surface area (Å²) >= 11 is 0. The number of anilines is 2. The minimum atomic E-state index is -3.40. The zero-order valence-electron chi connectivity index (χ0n) is 13.7. The van der Waals surface area contributed by atoms with Gasteiger partial charge in [-0.15, -0.1) is 12.1 Å². The average molecular weight is 330 g/mol. The molecule has 0 atom stereocenters. The Morgan fingerprint density at radius 3 is 1.78 bits per heavy atom. The number of hydrogen-bond donors (Lipinski definition) is 0. The third-order valence-corrected chi connectivity index (χ3v) is 6.14. The van der Waals surface area contributed by atoms with Crippen LogP contribution in [0.4, 0.5) is 11.4 Å². The predicted molar refractivity (Wildman–Crippen MR) is 93.3 cm³/mol. The minimum absolute atomic E-state index is 0.334. The predicted octanol–water partition coefficient (Wildman–Crippen LogP) is 4.96. The molecule has 1 aliphatic heterocycles. The molecule has 1 heterocycles. The van der Waals surface area contributed by atoms with Crippen LogP contribution in [0.1, 0.15) is 25.0 Å². The number of benzene rings is 2. The Kier molecular flexibility index (Phi) is 4.49. The van der Waals surface area contributed by atoms with Gasteiger partial charge in [-0.25, -0.2) is 0 Å². The molecule has 0 radical (unpaired) electrons. The van der Waals surface area contributed by atoms with Gasteiger partial charge in [0.1, 0.15) is 0 Å². The molecule has 2 aromatic rings. The third kappa shape index (κ3) is 2.67. The van der Waals surface area contributed by atoms with Crippen LogP contribution in [0.2, 0.25) is 0 Å². The number of nitrogens with zero attached hydrogens (tertiary/aromatic N) is 1. The van der Waals surface area contributed by atoms with Crippen molar-refractivity contribution in [3.8, 4) is 0 Å². The highest BCUT2D eigenvalue weighted by atomic mass is 31.2. The van der Waals surface area contributed by atoms with E-state index in [9.17, 15) is 4.57 Å². The fourth-order valence-corrected chi connectivity index (χ4v) is 4.99. The van der Waals surface area contributed by atoms with Crippen LogP contribution in [0, 0.1) is 5.66 Å². The minimum Gasteiger partial charge on any atom is -0.407 e. The molecule has 0 N–H and O–H groups in total. The molecule has 0 spiro atoms. The van der Waals surface area contributed by atoms with Gasteiger partial charge < -0.3 is 13.9 Å². The van der Waals surface area contributed by atoms with E-state index in [1.165, 1.54) is 0 Å². The summed E-state index contributed by atoms with van der Waals surface area (Å²) in [5.41, 5.74) is 4.46. The van der Waals surface area contributed by atoms with Gasteiger partial charge in [0.05, 0.1) is 13.2 Å². The van der Waals surface area contributed by atoms with Crippen molar-refractivity contribution in [1.29, 1.82) is 0 Å². The lowest BCUT2D eigenvalue weighted by molar-refractivity contribution is 0.223. The lowest BCUT2D eigenvalue weighted by Gasteiger charge is -2.43. The molecule has 0 bridgehead atoms. The second-order valence-electron chi connectivity index (χ2n) is 5.27. The van der Waals surface area contributed by atoms with E-state index >= 15 is 0 Å². The average Bonchev–Trinajstić information content (AvgIpc) is 2.56. The zero-order valence-corrected chi connectivity index (χ0v) is 14.5. The Bertz CT molecular complexity index is 689. The fourth-order valence-electron chi connectivity index (χ4n) is 3.01. The van der Waals surface area contributed by atoms with E-state index in [2.05, 4.69) is 4.90 Å². The molecule has 0 fully saturated rings. The van der Waals surface area contributed by atoms with E-state index < -0.39 is 7.60 Å². The molecular formula is C18H21NO3P-. The molecule has 0 aromatic heterocycles. The standard InChI is InChI=1S/C18H21NO3P/c1-4-21-23(20,22-5-2)18-14-10-6-8-12-16(14)19(3)17-13-9-7-11-15(17)18/h6-13H,4-5H2,1-3H3/q-1. The highest BCUT2D eigenvalue weighted by molar-refractivity contribution is 7.58. The van der Waals surface area contributed by atoms with Gasteiger partial charge in [-0.05, 0) is 32.3 Å². The van der Waals surface area contributed by atoms with Crippen LogP contribution in [-0.2, 0) is 13.6 Å². The van der Waals surface area contributed by atoms with Gasteiger partial charge >= 0.3 is 7.60 Å². The summed E-state index contributed by atoms with van der Waals surface area (Å²) in [6.07, 6.45) is 0. The van der Waals surface area contributed by atoms with Crippen molar-refractivity contribution in [3.63, 3.8) is 0 Å². The van der Waals surface area contributed by atoms with Gasteiger partial charge in [0.25, 0.3) is 0 Å². The molecule has 0 saturated heterocycles. The maximum absolute atomic E-state index is 13.5. The number of hydrogen-bond acceptors (Lipinski definition) is 4. The molecule has 3 rings (SSSR count). The maximum Gasteiger partial charge on any atom is 0.329 e. The Balaban J connectivity index is 2.24. The normalized spacial score (nSPS) is 13.7. The van der Waals surface area contributed by atoms with E-state index in [0.29, 0.717) is 18.9 Å². The molecule has 2 aromatic carbocycles. The van der Waals surface area contributed by atoms with E-state index in [0.717, 1.165) is 22.5 Å². The number of para-hydroxylation sites is 2. The van der Waals surface area contributed by atoms with Crippen molar-refractivity contribution in [3.05, 3.63) is 65.3 Å². The topological polar surface area (TPSA) is 38.8 Å². The van der Waals surface area contributed by atoms with Gasteiger partial charge in [0, 0.05) is 5.66 Å². The highest BCUT2D eigenvalue weighted by Crippen LogP contribution is 2.66. The molecule has 122 valence electrons. The van der Waals surface area contributed by atoms with Crippen molar-refractivity contribution >= 4 is 19.0 Å².